The molecule has 0 saturated heterocycles. The molecule has 0 aromatic heterocycles. The summed E-state index contributed by atoms with van der Waals surface area (Å²) in [6.07, 6.45) is 1.30. The van der Waals surface area contributed by atoms with Crippen molar-refractivity contribution in [3.05, 3.63) is 0 Å². The number of nitrogens with zero attached hydrogens (tertiary/aromatic N) is 1. The molecule has 4 unspecified atom stereocenters. The van der Waals surface area contributed by atoms with Gasteiger partial charge in [0, 0.05) is 12.6 Å². The molecular formula is C11H21NO2. The molecule has 0 aliphatic heterocycles. The Morgan fingerprint density at radius 2 is 2.07 bits per heavy atom. The molecule has 0 aromatic rings. The van der Waals surface area contributed by atoms with Crippen LogP contribution in [0.3, 0.4) is 0 Å². The van der Waals surface area contributed by atoms with Crippen LogP contribution in [0.1, 0.15) is 27.2 Å². The lowest BCUT2D eigenvalue weighted by Crippen LogP contribution is -2.39. The summed E-state index contributed by atoms with van der Waals surface area (Å²) >= 11 is 0. The van der Waals surface area contributed by atoms with Crippen molar-refractivity contribution in [3.8, 4) is 0 Å². The monoisotopic (exact) mass is 199 g/mol. The number of hydrogen-bond acceptors (Lipinski definition) is 2. The fraction of sp³-hybridized carbons (Fsp3) is 0.909. The van der Waals surface area contributed by atoms with E-state index in [1.54, 1.807) is 6.92 Å². The van der Waals surface area contributed by atoms with E-state index in [1.165, 1.54) is 6.42 Å². The number of rotatable bonds is 5. The van der Waals surface area contributed by atoms with Crippen molar-refractivity contribution in [3.63, 3.8) is 0 Å². The van der Waals surface area contributed by atoms with Crippen molar-refractivity contribution in [1.82, 2.24) is 4.90 Å². The first-order valence-electron chi connectivity index (χ1n) is 5.36. The van der Waals surface area contributed by atoms with Gasteiger partial charge in [-0.1, -0.05) is 13.8 Å². The van der Waals surface area contributed by atoms with E-state index < -0.39 is 5.97 Å². The minimum absolute atomic E-state index is 0.125. The largest absolute Gasteiger partial charge is 0.481 e. The molecule has 3 heteroatoms. The molecule has 1 saturated carbocycles. The van der Waals surface area contributed by atoms with Crippen molar-refractivity contribution in [2.45, 2.75) is 33.2 Å². The maximum absolute atomic E-state index is 10.8. The Kier molecular flexibility index (Phi) is 3.53. The molecule has 82 valence electrons. The highest BCUT2D eigenvalue weighted by atomic mass is 16.4. The van der Waals surface area contributed by atoms with Crippen LogP contribution >= 0.6 is 0 Å². The van der Waals surface area contributed by atoms with Crippen LogP contribution in [0.4, 0.5) is 0 Å². The zero-order chi connectivity index (χ0) is 10.9. The Morgan fingerprint density at radius 3 is 2.43 bits per heavy atom. The highest BCUT2D eigenvalue weighted by Gasteiger charge is 2.35. The molecule has 0 radical (unpaired) electrons. The smallest absolute Gasteiger partial charge is 0.307 e. The normalized spacial score (nSPS) is 30.1. The molecule has 1 fully saturated rings. The van der Waals surface area contributed by atoms with E-state index in [-0.39, 0.29) is 12.0 Å². The molecule has 0 spiro atoms. The number of carboxylic acids is 1. The number of hydrogen-bond donors (Lipinski definition) is 1. The van der Waals surface area contributed by atoms with Gasteiger partial charge < -0.3 is 10.0 Å². The SMILES string of the molecule is CC1CC1CN(C)C(C)C(C)C(=O)O. The van der Waals surface area contributed by atoms with Crippen LogP contribution in [0, 0.1) is 17.8 Å². The van der Waals surface area contributed by atoms with Crippen LogP contribution in [0.2, 0.25) is 0 Å². The molecule has 0 heterocycles. The maximum Gasteiger partial charge on any atom is 0.307 e. The molecule has 0 aromatic carbocycles. The van der Waals surface area contributed by atoms with Crippen LogP contribution in [-0.4, -0.2) is 35.6 Å². The summed E-state index contributed by atoms with van der Waals surface area (Å²) in [5, 5.41) is 8.88. The first-order valence-corrected chi connectivity index (χ1v) is 5.36. The van der Waals surface area contributed by atoms with E-state index in [4.69, 9.17) is 5.11 Å². The molecule has 4 atom stereocenters. The lowest BCUT2D eigenvalue weighted by molar-refractivity contribution is -0.143. The fourth-order valence-electron chi connectivity index (χ4n) is 1.78. The molecule has 0 amide bonds. The first-order chi connectivity index (χ1) is 6.43. The summed E-state index contributed by atoms with van der Waals surface area (Å²) in [6.45, 7) is 7.06. The van der Waals surface area contributed by atoms with E-state index in [0.29, 0.717) is 0 Å². The van der Waals surface area contributed by atoms with E-state index >= 15 is 0 Å². The lowest BCUT2D eigenvalue weighted by atomic mass is 10.0. The van der Waals surface area contributed by atoms with Crippen molar-refractivity contribution in [2.75, 3.05) is 13.6 Å². The van der Waals surface area contributed by atoms with Gasteiger partial charge in [0.25, 0.3) is 0 Å². The second-order valence-electron chi connectivity index (χ2n) is 4.78. The first kappa shape index (κ1) is 11.5. The number of carbonyl (C=O) groups is 1. The molecule has 1 rings (SSSR count). The van der Waals surface area contributed by atoms with Gasteiger partial charge >= 0.3 is 5.97 Å². The Morgan fingerprint density at radius 1 is 1.57 bits per heavy atom. The van der Waals surface area contributed by atoms with Gasteiger partial charge in [-0.3, -0.25) is 4.79 Å². The third-order valence-electron chi connectivity index (χ3n) is 3.61. The summed E-state index contributed by atoms with van der Waals surface area (Å²) in [5.74, 6) is 0.649. The summed E-state index contributed by atoms with van der Waals surface area (Å²) in [5.41, 5.74) is 0. The van der Waals surface area contributed by atoms with Crippen molar-refractivity contribution >= 4 is 5.97 Å². The fourth-order valence-corrected chi connectivity index (χ4v) is 1.78. The minimum atomic E-state index is -0.701. The Labute approximate surface area is 86.1 Å². The quantitative estimate of drug-likeness (QED) is 0.732. The average molecular weight is 199 g/mol. The molecule has 1 aliphatic carbocycles. The van der Waals surface area contributed by atoms with Gasteiger partial charge in [-0.15, -0.1) is 0 Å². The van der Waals surface area contributed by atoms with Gasteiger partial charge in [0.05, 0.1) is 5.92 Å². The summed E-state index contributed by atoms with van der Waals surface area (Å²) in [6, 6.07) is 0.125. The second-order valence-corrected chi connectivity index (χ2v) is 4.78. The highest BCUT2D eigenvalue weighted by Crippen LogP contribution is 2.38. The third kappa shape index (κ3) is 2.71. The lowest BCUT2D eigenvalue weighted by Gasteiger charge is -2.27. The maximum atomic E-state index is 10.8. The van der Waals surface area contributed by atoms with Gasteiger partial charge in [-0.25, -0.2) is 0 Å². The topological polar surface area (TPSA) is 40.5 Å². The Hall–Kier alpha value is -0.570. The van der Waals surface area contributed by atoms with Crippen molar-refractivity contribution in [2.24, 2.45) is 17.8 Å². The van der Waals surface area contributed by atoms with Gasteiger partial charge in [0.1, 0.15) is 0 Å². The predicted molar refractivity (Wildman–Crippen MR) is 56.2 cm³/mol. The minimum Gasteiger partial charge on any atom is -0.481 e. The molecule has 1 aliphatic rings. The number of aliphatic carboxylic acids is 1. The third-order valence-corrected chi connectivity index (χ3v) is 3.61. The summed E-state index contributed by atoms with van der Waals surface area (Å²) in [7, 11) is 2.02. The van der Waals surface area contributed by atoms with E-state index in [1.807, 2.05) is 14.0 Å². The average Bonchev–Trinajstić information content (AvgIpc) is 2.78. The molecule has 14 heavy (non-hydrogen) atoms. The van der Waals surface area contributed by atoms with Gasteiger partial charge in [-0.05, 0) is 32.2 Å². The molecule has 3 nitrogen and oxygen atoms in total. The van der Waals surface area contributed by atoms with Crippen molar-refractivity contribution in [1.29, 1.82) is 0 Å². The summed E-state index contributed by atoms with van der Waals surface area (Å²) < 4.78 is 0. The molecule has 1 N–H and O–H groups in total. The van der Waals surface area contributed by atoms with E-state index in [9.17, 15) is 4.79 Å². The van der Waals surface area contributed by atoms with Crippen LogP contribution in [0.5, 0.6) is 0 Å². The van der Waals surface area contributed by atoms with E-state index in [0.717, 1.165) is 18.4 Å². The predicted octanol–water partition coefficient (Wildman–Crippen LogP) is 1.68. The van der Waals surface area contributed by atoms with Gasteiger partial charge in [-0.2, -0.15) is 0 Å². The van der Waals surface area contributed by atoms with Crippen molar-refractivity contribution < 1.29 is 9.90 Å². The summed E-state index contributed by atoms with van der Waals surface area (Å²) in [4.78, 5) is 13.0. The highest BCUT2D eigenvalue weighted by molar-refractivity contribution is 5.70. The van der Waals surface area contributed by atoms with Crippen LogP contribution < -0.4 is 0 Å². The van der Waals surface area contributed by atoms with Gasteiger partial charge in [0.2, 0.25) is 0 Å². The Bertz CT molecular complexity index is 217. The zero-order valence-corrected chi connectivity index (χ0v) is 9.53. The van der Waals surface area contributed by atoms with E-state index in [2.05, 4.69) is 11.8 Å². The molecular weight excluding hydrogens is 178 g/mol. The van der Waals surface area contributed by atoms with Crippen LogP contribution in [-0.2, 0) is 4.79 Å². The zero-order valence-electron chi connectivity index (χ0n) is 9.53. The second kappa shape index (κ2) is 4.30. The number of carboxylic acid groups (broad SMARTS) is 1. The van der Waals surface area contributed by atoms with Crippen LogP contribution in [0.15, 0.2) is 0 Å². The Balaban J connectivity index is 2.35. The van der Waals surface area contributed by atoms with Gasteiger partial charge in [0.15, 0.2) is 0 Å². The van der Waals surface area contributed by atoms with Crippen LogP contribution in [0.25, 0.3) is 0 Å². The standard InChI is InChI=1S/C11H21NO2/c1-7-5-10(7)6-12(4)9(3)8(2)11(13)14/h7-10H,5-6H2,1-4H3,(H,13,14). The molecule has 0 bridgehead atoms.